The van der Waals surface area contributed by atoms with Crippen molar-refractivity contribution < 1.29 is 0 Å². The summed E-state index contributed by atoms with van der Waals surface area (Å²) in [5, 5.41) is 7.92. The van der Waals surface area contributed by atoms with Crippen LogP contribution in [0.5, 0.6) is 0 Å². The minimum Gasteiger partial charge on any atom is -0.313 e. The van der Waals surface area contributed by atoms with Crippen molar-refractivity contribution in [1.29, 1.82) is 0 Å². The normalized spacial score (nSPS) is 10.9. The Labute approximate surface area is 123 Å². The molecule has 4 heteroatoms. The van der Waals surface area contributed by atoms with Crippen molar-refractivity contribution in [2.45, 2.75) is 33.4 Å². The molecule has 2 rings (SSSR count). The molecule has 1 aromatic carbocycles. The SMILES string of the molecule is Cc1cc(C)n(CCCNCc2cccc(Br)c2)n1. The summed E-state index contributed by atoms with van der Waals surface area (Å²) in [6.07, 6.45) is 1.09. The first kappa shape index (κ1) is 14.3. The maximum Gasteiger partial charge on any atom is 0.0596 e. The Balaban J connectivity index is 1.69. The lowest BCUT2D eigenvalue weighted by molar-refractivity contribution is 0.532. The van der Waals surface area contributed by atoms with Crippen LogP contribution in [0.25, 0.3) is 0 Å². The van der Waals surface area contributed by atoms with E-state index in [0.29, 0.717) is 0 Å². The zero-order valence-corrected chi connectivity index (χ0v) is 13.1. The van der Waals surface area contributed by atoms with Crippen LogP contribution in [-0.2, 0) is 13.1 Å². The highest BCUT2D eigenvalue weighted by molar-refractivity contribution is 9.10. The van der Waals surface area contributed by atoms with Gasteiger partial charge in [-0.05, 0) is 50.6 Å². The van der Waals surface area contributed by atoms with E-state index in [0.717, 1.165) is 36.2 Å². The highest BCUT2D eigenvalue weighted by Crippen LogP contribution is 2.11. The van der Waals surface area contributed by atoms with Gasteiger partial charge in [0, 0.05) is 23.3 Å². The summed E-state index contributed by atoms with van der Waals surface area (Å²) in [6, 6.07) is 10.5. The van der Waals surface area contributed by atoms with Crippen molar-refractivity contribution in [3.8, 4) is 0 Å². The number of halogens is 1. The molecule has 0 radical (unpaired) electrons. The number of rotatable bonds is 6. The molecular weight excluding hydrogens is 302 g/mol. The molecule has 2 aromatic rings. The summed E-state index contributed by atoms with van der Waals surface area (Å²) in [5.41, 5.74) is 3.64. The van der Waals surface area contributed by atoms with Crippen LogP contribution in [-0.4, -0.2) is 16.3 Å². The molecule has 0 aliphatic heterocycles. The Morgan fingerprint density at radius 1 is 1.26 bits per heavy atom. The second kappa shape index (κ2) is 6.87. The van der Waals surface area contributed by atoms with Crippen LogP contribution in [0.1, 0.15) is 23.4 Å². The van der Waals surface area contributed by atoms with Crippen LogP contribution >= 0.6 is 15.9 Å². The molecule has 0 amide bonds. The fraction of sp³-hybridized carbons (Fsp3) is 0.400. The Kier molecular flexibility index (Phi) is 5.16. The number of nitrogens with one attached hydrogen (secondary N) is 1. The predicted octanol–water partition coefficient (Wildman–Crippen LogP) is 3.44. The topological polar surface area (TPSA) is 29.9 Å². The van der Waals surface area contributed by atoms with Crippen molar-refractivity contribution in [1.82, 2.24) is 15.1 Å². The smallest absolute Gasteiger partial charge is 0.0596 e. The molecule has 0 bridgehead atoms. The fourth-order valence-corrected chi connectivity index (χ4v) is 2.58. The van der Waals surface area contributed by atoms with E-state index in [1.165, 1.54) is 11.3 Å². The van der Waals surface area contributed by atoms with Crippen molar-refractivity contribution in [3.63, 3.8) is 0 Å². The van der Waals surface area contributed by atoms with Gasteiger partial charge in [-0.2, -0.15) is 5.10 Å². The van der Waals surface area contributed by atoms with Crippen molar-refractivity contribution in [3.05, 3.63) is 51.8 Å². The molecule has 1 heterocycles. The maximum atomic E-state index is 4.46. The largest absolute Gasteiger partial charge is 0.313 e. The molecule has 3 nitrogen and oxygen atoms in total. The van der Waals surface area contributed by atoms with Gasteiger partial charge in [-0.25, -0.2) is 0 Å². The lowest BCUT2D eigenvalue weighted by Crippen LogP contribution is -2.17. The highest BCUT2D eigenvalue weighted by atomic mass is 79.9. The first-order chi connectivity index (χ1) is 9.15. The van der Waals surface area contributed by atoms with E-state index < -0.39 is 0 Å². The van der Waals surface area contributed by atoms with Gasteiger partial charge in [0.15, 0.2) is 0 Å². The molecule has 0 spiro atoms. The summed E-state index contributed by atoms with van der Waals surface area (Å²) in [4.78, 5) is 0. The average Bonchev–Trinajstić information content (AvgIpc) is 2.68. The molecule has 0 fully saturated rings. The zero-order valence-electron chi connectivity index (χ0n) is 11.5. The third kappa shape index (κ3) is 4.48. The first-order valence-electron chi connectivity index (χ1n) is 6.61. The molecule has 0 aliphatic rings. The van der Waals surface area contributed by atoms with Gasteiger partial charge in [-0.15, -0.1) is 0 Å². The minimum atomic E-state index is 0.913. The molecule has 0 aliphatic carbocycles. The number of nitrogens with zero attached hydrogens (tertiary/aromatic N) is 2. The summed E-state index contributed by atoms with van der Waals surface area (Å²) in [5.74, 6) is 0. The quantitative estimate of drug-likeness (QED) is 0.826. The Hall–Kier alpha value is -1.13. The zero-order chi connectivity index (χ0) is 13.7. The Morgan fingerprint density at radius 3 is 2.79 bits per heavy atom. The number of benzene rings is 1. The van der Waals surface area contributed by atoms with Gasteiger partial charge in [0.25, 0.3) is 0 Å². The molecule has 0 saturated carbocycles. The van der Waals surface area contributed by atoms with Crippen LogP contribution in [0.3, 0.4) is 0 Å². The van der Waals surface area contributed by atoms with Crippen molar-refractivity contribution in [2.75, 3.05) is 6.54 Å². The second-order valence-corrected chi connectivity index (χ2v) is 5.73. The first-order valence-corrected chi connectivity index (χ1v) is 7.40. The fourth-order valence-electron chi connectivity index (χ4n) is 2.13. The molecule has 19 heavy (non-hydrogen) atoms. The number of aryl methyl sites for hydroxylation is 3. The summed E-state index contributed by atoms with van der Waals surface area (Å²) in [7, 11) is 0. The second-order valence-electron chi connectivity index (χ2n) is 4.81. The molecule has 0 unspecified atom stereocenters. The third-order valence-corrected chi connectivity index (χ3v) is 3.54. The summed E-state index contributed by atoms with van der Waals surface area (Å²) in [6.45, 7) is 7.04. The van der Waals surface area contributed by atoms with Crippen LogP contribution in [0.2, 0.25) is 0 Å². The number of hydrogen-bond acceptors (Lipinski definition) is 2. The maximum absolute atomic E-state index is 4.46. The molecule has 0 atom stereocenters. The van der Waals surface area contributed by atoms with E-state index in [1.807, 2.05) is 13.0 Å². The number of hydrogen-bond donors (Lipinski definition) is 1. The number of aromatic nitrogens is 2. The van der Waals surface area contributed by atoms with E-state index in [-0.39, 0.29) is 0 Å². The highest BCUT2D eigenvalue weighted by Gasteiger charge is 2.00. The van der Waals surface area contributed by atoms with Crippen LogP contribution in [0, 0.1) is 13.8 Å². The van der Waals surface area contributed by atoms with Crippen molar-refractivity contribution in [2.24, 2.45) is 0 Å². The standard InChI is InChI=1S/C15H20BrN3/c1-12-9-13(2)19(18-12)8-4-7-17-11-14-5-3-6-15(16)10-14/h3,5-6,9-10,17H,4,7-8,11H2,1-2H3. The molecular formula is C15H20BrN3. The van der Waals surface area contributed by atoms with Gasteiger partial charge < -0.3 is 5.32 Å². The van der Waals surface area contributed by atoms with Gasteiger partial charge in [-0.3, -0.25) is 4.68 Å². The summed E-state index contributed by atoms with van der Waals surface area (Å²) >= 11 is 3.49. The van der Waals surface area contributed by atoms with E-state index in [9.17, 15) is 0 Å². The lowest BCUT2D eigenvalue weighted by atomic mass is 10.2. The van der Waals surface area contributed by atoms with Gasteiger partial charge >= 0.3 is 0 Å². The molecule has 102 valence electrons. The van der Waals surface area contributed by atoms with E-state index in [1.54, 1.807) is 0 Å². The lowest BCUT2D eigenvalue weighted by Gasteiger charge is -2.07. The van der Waals surface area contributed by atoms with E-state index in [2.05, 4.69) is 62.2 Å². The van der Waals surface area contributed by atoms with Gasteiger partial charge in [0.1, 0.15) is 0 Å². The Morgan fingerprint density at radius 2 is 2.11 bits per heavy atom. The molecule has 1 N–H and O–H groups in total. The Bertz CT molecular complexity index is 534. The van der Waals surface area contributed by atoms with Crippen LogP contribution in [0.15, 0.2) is 34.8 Å². The third-order valence-electron chi connectivity index (χ3n) is 3.04. The monoisotopic (exact) mass is 321 g/mol. The van der Waals surface area contributed by atoms with Crippen molar-refractivity contribution >= 4 is 15.9 Å². The van der Waals surface area contributed by atoms with Gasteiger partial charge in [-0.1, -0.05) is 28.1 Å². The molecule has 1 aromatic heterocycles. The average molecular weight is 322 g/mol. The van der Waals surface area contributed by atoms with E-state index in [4.69, 9.17) is 0 Å². The summed E-state index contributed by atoms with van der Waals surface area (Å²) < 4.78 is 3.21. The molecule has 0 saturated heterocycles. The predicted molar refractivity (Wildman–Crippen MR) is 82.2 cm³/mol. The van der Waals surface area contributed by atoms with Gasteiger partial charge in [0.2, 0.25) is 0 Å². The van der Waals surface area contributed by atoms with E-state index >= 15 is 0 Å². The minimum absolute atomic E-state index is 0.913. The van der Waals surface area contributed by atoms with Crippen LogP contribution < -0.4 is 5.32 Å². The van der Waals surface area contributed by atoms with Crippen LogP contribution in [0.4, 0.5) is 0 Å². The van der Waals surface area contributed by atoms with Gasteiger partial charge in [0.05, 0.1) is 5.69 Å².